The maximum absolute atomic E-state index is 14.0. The van der Waals surface area contributed by atoms with E-state index < -0.39 is 66.4 Å². The van der Waals surface area contributed by atoms with Crippen molar-refractivity contribution in [2.75, 3.05) is 13.1 Å². The van der Waals surface area contributed by atoms with Gasteiger partial charge in [0.2, 0.25) is 23.6 Å². The summed E-state index contributed by atoms with van der Waals surface area (Å²) in [6, 6.07) is 10.2. The van der Waals surface area contributed by atoms with Crippen LogP contribution < -0.4 is 44.2 Å². The lowest BCUT2D eigenvalue weighted by Crippen LogP contribution is -2.59. The van der Waals surface area contributed by atoms with E-state index in [9.17, 15) is 29.1 Å². The Bertz CT molecular complexity index is 1860. The molecule has 18 heteroatoms. The number of nitrogens with zero attached hydrogens (tertiary/aromatic N) is 2. The number of amides is 4. The average Bonchev–Trinajstić information content (AvgIpc) is 3.81. The number of carbonyl (C=O) groups is 5. The van der Waals surface area contributed by atoms with Crippen molar-refractivity contribution in [3.8, 4) is 0 Å². The number of nitrogens with two attached hydrogens (primary N) is 4. The molecular weight excluding hydrogens is 684 g/mol. The maximum Gasteiger partial charge on any atom is 0.327 e. The minimum Gasteiger partial charge on any atom is -0.480 e. The van der Waals surface area contributed by atoms with E-state index in [4.69, 9.17) is 22.9 Å². The highest BCUT2D eigenvalue weighted by Gasteiger charge is 2.32. The smallest absolute Gasteiger partial charge is 0.327 e. The van der Waals surface area contributed by atoms with E-state index in [1.54, 1.807) is 30.5 Å². The van der Waals surface area contributed by atoms with E-state index in [0.717, 1.165) is 16.5 Å². The molecule has 2 aromatic carbocycles. The van der Waals surface area contributed by atoms with Gasteiger partial charge < -0.3 is 59.3 Å². The number of aromatic amines is 2. The molecule has 5 atom stereocenters. The van der Waals surface area contributed by atoms with Crippen LogP contribution in [0.15, 0.2) is 78.3 Å². The quantitative estimate of drug-likeness (QED) is 0.0276. The standard InChI is InChI=1S/C35H46N12O6/c36-16-29(34(52)53)47-33(51)28(14-21-17-42-25-10-5-4-9-23(21)25)46-31(49)26(11-6-12-41-35(38)39)44-32(50)27(13-20-7-2-1-3-8-20)45-30(48)24(37)15-22-18-40-19-43-22/h1-5,7-10,17-19,24,26-29,42H,6,11-16,36-37H2,(H,40,43)(H,44,50)(H,45,48)(H,46,49)(H,47,51)(H,52,53)(H4,38,39,41)/t24-,26-,27+,28-,29-/m0/s1. The molecule has 0 aliphatic heterocycles. The number of hydrogen-bond acceptors (Lipinski definition) is 9. The first-order valence-electron chi connectivity index (χ1n) is 17.0. The molecule has 2 heterocycles. The van der Waals surface area contributed by atoms with Crippen LogP contribution in [0.4, 0.5) is 0 Å². The van der Waals surface area contributed by atoms with Gasteiger partial charge in [-0.3, -0.25) is 24.2 Å². The lowest BCUT2D eigenvalue weighted by Gasteiger charge is -2.26. The van der Waals surface area contributed by atoms with Gasteiger partial charge in [0, 0.05) is 61.3 Å². The second kappa shape index (κ2) is 19.4. The molecule has 18 nitrogen and oxygen atoms in total. The van der Waals surface area contributed by atoms with E-state index in [-0.39, 0.29) is 44.6 Å². The minimum atomic E-state index is -1.41. The van der Waals surface area contributed by atoms with Gasteiger partial charge in [-0.1, -0.05) is 48.5 Å². The molecule has 4 amide bonds. The molecule has 2 aromatic heterocycles. The lowest BCUT2D eigenvalue weighted by atomic mass is 10.0. The van der Waals surface area contributed by atoms with Crippen molar-refractivity contribution in [3.05, 3.63) is 90.1 Å². The monoisotopic (exact) mass is 730 g/mol. The number of guanidine groups is 1. The Morgan fingerprint density at radius 1 is 0.774 bits per heavy atom. The van der Waals surface area contributed by atoms with E-state index in [0.29, 0.717) is 11.3 Å². The van der Waals surface area contributed by atoms with Crippen molar-refractivity contribution in [2.45, 2.75) is 62.3 Å². The summed E-state index contributed by atoms with van der Waals surface area (Å²) in [5, 5.41) is 20.9. The average molecular weight is 731 g/mol. The maximum atomic E-state index is 14.0. The Balaban J connectivity index is 1.59. The van der Waals surface area contributed by atoms with Gasteiger partial charge >= 0.3 is 5.97 Å². The predicted molar refractivity (Wildman–Crippen MR) is 197 cm³/mol. The zero-order valence-corrected chi connectivity index (χ0v) is 29.0. The Hall–Kier alpha value is -6.27. The van der Waals surface area contributed by atoms with E-state index in [1.165, 1.54) is 12.5 Å². The second-order valence-corrected chi connectivity index (χ2v) is 12.4. The first-order chi connectivity index (χ1) is 25.4. The van der Waals surface area contributed by atoms with Crippen molar-refractivity contribution < 1.29 is 29.1 Å². The number of para-hydroxylation sites is 1. The lowest BCUT2D eigenvalue weighted by molar-refractivity contribution is -0.142. The van der Waals surface area contributed by atoms with Gasteiger partial charge in [0.15, 0.2) is 5.96 Å². The highest BCUT2D eigenvalue weighted by Crippen LogP contribution is 2.19. The molecule has 0 spiro atoms. The molecule has 0 aliphatic rings. The molecule has 0 unspecified atom stereocenters. The number of aliphatic carboxylic acids is 1. The fourth-order valence-corrected chi connectivity index (χ4v) is 5.60. The Morgan fingerprint density at radius 3 is 2.06 bits per heavy atom. The normalized spacial score (nSPS) is 13.8. The van der Waals surface area contributed by atoms with Crippen LogP contribution in [0.3, 0.4) is 0 Å². The first-order valence-corrected chi connectivity index (χ1v) is 17.0. The molecule has 0 fully saturated rings. The number of carboxylic acid groups (broad SMARTS) is 1. The predicted octanol–water partition coefficient (Wildman–Crippen LogP) is -1.72. The van der Waals surface area contributed by atoms with Crippen LogP contribution in [0.25, 0.3) is 10.9 Å². The zero-order chi connectivity index (χ0) is 38.3. The highest BCUT2D eigenvalue weighted by atomic mass is 16.4. The van der Waals surface area contributed by atoms with Gasteiger partial charge in [-0.25, -0.2) is 9.78 Å². The third-order valence-corrected chi connectivity index (χ3v) is 8.41. The van der Waals surface area contributed by atoms with Crippen LogP contribution in [0.2, 0.25) is 0 Å². The molecule has 0 radical (unpaired) electrons. The number of nitrogens with one attached hydrogen (secondary N) is 6. The van der Waals surface area contributed by atoms with Gasteiger partial charge in [-0.2, -0.15) is 0 Å². The van der Waals surface area contributed by atoms with Crippen molar-refractivity contribution in [2.24, 2.45) is 27.9 Å². The summed E-state index contributed by atoms with van der Waals surface area (Å²) in [5.41, 5.74) is 25.5. The van der Waals surface area contributed by atoms with Gasteiger partial charge in [-0.15, -0.1) is 0 Å². The molecule has 0 bridgehead atoms. The van der Waals surface area contributed by atoms with Crippen LogP contribution >= 0.6 is 0 Å². The number of aromatic nitrogens is 3. The number of carbonyl (C=O) groups excluding carboxylic acids is 4. The van der Waals surface area contributed by atoms with E-state index >= 15 is 0 Å². The molecular formula is C35H46N12O6. The largest absolute Gasteiger partial charge is 0.480 e. The van der Waals surface area contributed by atoms with Gasteiger partial charge in [-0.05, 0) is 30.0 Å². The summed E-state index contributed by atoms with van der Waals surface area (Å²) in [6.07, 6.45) is 5.13. The number of H-pyrrole nitrogens is 2. The third-order valence-electron chi connectivity index (χ3n) is 8.41. The summed E-state index contributed by atoms with van der Waals surface area (Å²) in [7, 11) is 0. The number of hydrogen-bond donors (Lipinski definition) is 11. The SMILES string of the molecule is NC[C@H](NC(=O)[C@H](Cc1c[nH]c2ccccc12)NC(=O)[C@H](CCCN=C(N)N)NC(=O)[C@@H](Cc1ccccc1)NC(=O)[C@@H](N)Cc1cnc[nH]1)C(=O)O. The van der Waals surface area contributed by atoms with Crippen molar-refractivity contribution in [1.82, 2.24) is 36.2 Å². The topological polar surface area (TPSA) is 315 Å². The van der Waals surface area contributed by atoms with Gasteiger partial charge in [0.25, 0.3) is 0 Å². The molecule has 15 N–H and O–H groups in total. The summed E-state index contributed by atoms with van der Waals surface area (Å²) < 4.78 is 0. The molecule has 0 saturated heterocycles. The Morgan fingerprint density at radius 2 is 1.40 bits per heavy atom. The third kappa shape index (κ3) is 11.9. The van der Waals surface area contributed by atoms with Crippen LogP contribution in [0.1, 0.15) is 29.7 Å². The van der Waals surface area contributed by atoms with Gasteiger partial charge in [0.1, 0.15) is 24.2 Å². The van der Waals surface area contributed by atoms with Crippen LogP contribution in [-0.2, 0) is 43.2 Å². The highest BCUT2D eigenvalue weighted by molar-refractivity contribution is 5.96. The summed E-state index contributed by atoms with van der Waals surface area (Å²) in [6.45, 7) is -0.261. The number of carboxylic acids is 1. The molecule has 4 aromatic rings. The number of imidazole rings is 1. The van der Waals surface area contributed by atoms with E-state index in [2.05, 4.69) is 41.2 Å². The number of aliphatic imine (C=N–C) groups is 1. The second-order valence-electron chi connectivity index (χ2n) is 12.4. The summed E-state index contributed by atoms with van der Waals surface area (Å²) in [4.78, 5) is 80.4. The Labute approximate surface area is 304 Å². The summed E-state index contributed by atoms with van der Waals surface area (Å²) >= 11 is 0. The van der Waals surface area contributed by atoms with Crippen molar-refractivity contribution in [1.29, 1.82) is 0 Å². The molecule has 0 aliphatic carbocycles. The fraction of sp³-hybridized carbons (Fsp3) is 0.343. The number of benzene rings is 2. The number of rotatable bonds is 20. The van der Waals surface area contributed by atoms with Crippen LogP contribution in [-0.4, -0.2) is 98.9 Å². The van der Waals surface area contributed by atoms with Crippen molar-refractivity contribution >= 4 is 46.5 Å². The molecule has 4 rings (SSSR count). The van der Waals surface area contributed by atoms with Crippen LogP contribution in [0, 0.1) is 0 Å². The molecule has 53 heavy (non-hydrogen) atoms. The van der Waals surface area contributed by atoms with Crippen LogP contribution in [0.5, 0.6) is 0 Å². The zero-order valence-electron chi connectivity index (χ0n) is 29.0. The first kappa shape index (κ1) is 39.5. The van der Waals surface area contributed by atoms with Crippen molar-refractivity contribution in [3.63, 3.8) is 0 Å². The van der Waals surface area contributed by atoms with E-state index in [1.807, 2.05) is 30.3 Å². The van der Waals surface area contributed by atoms with Gasteiger partial charge in [0.05, 0.1) is 12.4 Å². The minimum absolute atomic E-state index is 0.0294. The number of fused-ring (bicyclic) bond motifs is 1. The molecule has 282 valence electrons. The Kier molecular flexibility index (Phi) is 14.4. The molecule has 0 saturated carbocycles. The fourth-order valence-electron chi connectivity index (χ4n) is 5.60. The summed E-state index contributed by atoms with van der Waals surface area (Å²) in [5.74, 6) is -4.34.